The maximum atomic E-state index is 9.91. The van der Waals surface area contributed by atoms with Crippen LogP contribution < -0.4 is 14.7 Å². The molecule has 0 aliphatic carbocycles. The highest BCUT2D eigenvalue weighted by Crippen LogP contribution is 2.23. The van der Waals surface area contributed by atoms with Gasteiger partial charge in [-0.3, -0.25) is 0 Å². The molecule has 2 aliphatic heterocycles. The van der Waals surface area contributed by atoms with Crippen molar-refractivity contribution in [2.75, 3.05) is 54.0 Å². The van der Waals surface area contributed by atoms with Gasteiger partial charge >= 0.3 is 0 Å². The van der Waals surface area contributed by atoms with Gasteiger partial charge in [0.1, 0.15) is 5.82 Å². The number of hydrogen-bond donors (Lipinski definition) is 1. The van der Waals surface area contributed by atoms with Crippen molar-refractivity contribution in [2.24, 2.45) is 0 Å². The van der Waals surface area contributed by atoms with Crippen molar-refractivity contribution in [1.29, 1.82) is 0 Å². The summed E-state index contributed by atoms with van der Waals surface area (Å²) in [5.74, 6) is 1.68. The highest BCUT2D eigenvalue weighted by atomic mass is 35.5. The van der Waals surface area contributed by atoms with E-state index >= 15 is 0 Å². The van der Waals surface area contributed by atoms with E-state index in [0.717, 1.165) is 68.0 Å². The summed E-state index contributed by atoms with van der Waals surface area (Å²) >= 11 is 6.11. The highest BCUT2D eigenvalue weighted by Gasteiger charge is 2.22. The van der Waals surface area contributed by atoms with Crippen molar-refractivity contribution in [3.63, 3.8) is 0 Å². The molecule has 6 nitrogen and oxygen atoms in total. The van der Waals surface area contributed by atoms with Crippen LogP contribution in [0.1, 0.15) is 12.8 Å². The summed E-state index contributed by atoms with van der Waals surface area (Å²) in [5, 5.41) is 10.7. The van der Waals surface area contributed by atoms with Crippen LogP contribution in [0.4, 0.5) is 17.5 Å². The molecule has 1 atom stereocenters. The zero-order valence-corrected chi connectivity index (χ0v) is 15.5. The molecule has 138 valence electrons. The summed E-state index contributed by atoms with van der Waals surface area (Å²) in [4.78, 5) is 16.0. The van der Waals surface area contributed by atoms with E-state index in [1.807, 2.05) is 30.5 Å². The Hall–Kier alpha value is -2.05. The Balaban J connectivity index is 1.42. The van der Waals surface area contributed by atoms with Crippen molar-refractivity contribution in [1.82, 2.24) is 9.97 Å². The first kappa shape index (κ1) is 17.4. The molecule has 26 heavy (non-hydrogen) atoms. The van der Waals surface area contributed by atoms with E-state index < -0.39 is 0 Å². The zero-order valence-electron chi connectivity index (χ0n) is 14.8. The van der Waals surface area contributed by atoms with E-state index in [1.54, 1.807) is 0 Å². The number of piperidine rings is 1. The van der Waals surface area contributed by atoms with Crippen molar-refractivity contribution in [2.45, 2.75) is 18.9 Å². The minimum Gasteiger partial charge on any atom is -0.391 e. The number of anilines is 3. The fourth-order valence-electron chi connectivity index (χ4n) is 3.67. The average Bonchev–Trinajstić information content (AvgIpc) is 2.68. The third kappa shape index (κ3) is 3.86. The van der Waals surface area contributed by atoms with Gasteiger partial charge in [0.25, 0.3) is 0 Å². The number of hydrogen-bond acceptors (Lipinski definition) is 6. The van der Waals surface area contributed by atoms with Gasteiger partial charge in [-0.1, -0.05) is 17.7 Å². The van der Waals surface area contributed by atoms with Gasteiger partial charge in [0.2, 0.25) is 5.95 Å². The monoisotopic (exact) mass is 373 g/mol. The quantitative estimate of drug-likeness (QED) is 0.891. The molecule has 2 aromatic rings. The molecule has 0 radical (unpaired) electrons. The molecule has 0 amide bonds. The number of benzene rings is 1. The second-order valence-corrected chi connectivity index (χ2v) is 7.35. The Kier molecular flexibility index (Phi) is 5.13. The topological polar surface area (TPSA) is 55.7 Å². The lowest BCUT2D eigenvalue weighted by Gasteiger charge is -2.36. The maximum Gasteiger partial charge on any atom is 0.227 e. The minimum atomic E-state index is -0.261. The smallest absolute Gasteiger partial charge is 0.227 e. The van der Waals surface area contributed by atoms with E-state index in [2.05, 4.69) is 25.8 Å². The van der Waals surface area contributed by atoms with Gasteiger partial charge in [0.15, 0.2) is 0 Å². The Morgan fingerprint density at radius 2 is 1.81 bits per heavy atom. The van der Waals surface area contributed by atoms with Crippen LogP contribution in [0.3, 0.4) is 0 Å². The molecule has 1 aromatic heterocycles. The first-order valence-electron chi connectivity index (χ1n) is 9.20. The molecule has 2 saturated heterocycles. The number of aliphatic hydroxyl groups is 1. The van der Waals surface area contributed by atoms with Crippen molar-refractivity contribution < 1.29 is 5.11 Å². The van der Waals surface area contributed by atoms with Crippen LogP contribution in [0.5, 0.6) is 0 Å². The Morgan fingerprint density at radius 1 is 1.00 bits per heavy atom. The number of nitrogens with zero attached hydrogens (tertiary/aromatic N) is 5. The number of halogens is 1. The SMILES string of the molecule is OC1CCCN(c2ccnc(N3CCN(c4cccc(Cl)c4)CC3)n2)C1. The van der Waals surface area contributed by atoms with Crippen molar-refractivity contribution in [3.8, 4) is 0 Å². The summed E-state index contributed by atoms with van der Waals surface area (Å²) in [6.45, 7) is 5.17. The summed E-state index contributed by atoms with van der Waals surface area (Å²) in [7, 11) is 0. The fraction of sp³-hybridized carbons (Fsp3) is 0.474. The van der Waals surface area contributed by atoms with Gasteiger partial charge in [-0.05, 0) is 37.1 Å². The third-order valence-electron chi connectivity index (χ3n) is 5.08. The average molecular weight is 374 g/mol. The molecule has 0 spiro atoms. The number of aromatic nitrogens is 2. The first-order valence-corrected chi connectivity index (χ1v) is 9.58. The molecule has 0 bridgehead atoms. The summed E-state index contributed by atoms with van der Waals surface area (Å²) in [6.07, 6.45) is 3.43. The van der Waals surface area contributed by atoms with Gasteiger partial charge in [-0.2, -0.15) is 4.98 Å². The van der Waals surface area contributed by atoms with Crippen LogP contribution in [-0.2, 0) is 0 Å². The summed E-state index contributed by atoms with van der Waals surface area (Å²) in [6, 6.07) is 9.93. The van der Waals surface area contributed by atoms with Gasteiger partial charge in [0.05, 0.1) is 6.10 Å². The molecular weight excluding hydrogens is 350 g/mol. The number of β-amino-alcohol motifs (C(OH)–C–C–N with tert-alkyl or cyclic N) is 1. The van der Waals surface area contributed by atoms with Crippen LogP contribution in [0.25, 0.3) is 0 Å². The van der Waals surface area contributed by atoms with E-state index in [1.165, 1.54) is 0 Å². The van der Waals surface area contributed by atoms with E-state index in [9.17, 15) is 5.11 Å². The first-order chi connectivity index (χ1) is 12.7. The van der Waals surface area contributed by atoms with E-state index in [4.69, 9.17) is 16.6 Å². The highest BCUT2D eigenvalue weighted by molar-refractivity contribution is 6.30. The molecule has 0 saturated carbocycles. The van der Waals surface area contributed by atoms with Crippen LogP contribution >= 0.6 is 11.6 Å². The Bertz CT molecular complexity index is 750. The molecule has 7 heteroatoms. The molecular formula is C19H24ClN5O. The maximum absolute atomic E-state index is 9.91. The lowest BCUT2D eigenvalue weighted by molar-refractivity contribution is 0.154. The molecule has 1 unspecified atom stereocenters. The Labute approximate surface area is 159 Å². The zero-order chi connectivity index (χ0) is 17.9. The molecule has 2 fully saturated rings. The summed E-state index contributed by atoms with van der Waals surface area (Å²) < 4.78 is 0. The van der Waals surface area contributed by atoms with Crippen LogP contribution in [0, 0.1) is 0 Å². The van der Waals surface area contributed by atoms with Gasteiger partial charge in [-0.25, -0.2) is 4.98 Å². The van der Waals surface area contributed by atoms with Gasteiger partial charge in [0, 0.05) is 56.2 Å². The lowest BCUT2D eigenvalue weighted by atomic mass is 10.1. The van der Waals surface area contributed by atoms with Gasteiger partial charge < -0.3 is 19.8 Å². The number of piperazine rings is 1. The van der Waals surface area contributed by atoms with Crippen molar-refractivity contribution in [3.05, 3.63) is 41.6 Å². The number of rotatable bonds is 3. The van der Waals surface area contributed by atoms with Gasteiger partial charge in [-0.15, -0.1) is 0 Å². The van der Waals surface area contributed by atoms with E-state index in [-0.39, 0.29) is 6.10 Å². The molecule has 4 rings (SSSR count). The van der Waals surface area contributed by atoms with E-state index in [0.29, 0.717) is 6.54 Å². The van der Waals surface area contributed by atoms with Crippen molar-refractivity contribution >= 4 is 29.1 Å². The fourth-order valence-corrected chi connectivity index (χ4v) is 3.85. The minimum absolute atomic E-state index is 0.261. The molecule has 3 heterocycles. The molecule has 2 aliphatic rings. The predicted molar refractivity (Wildman–Crippen MR) is 105 cm³/mol. The second kappa shape index (κ2) is 7.68. The number of aliphatic hydroxyl groups excluding tert-OH is 1. The Morgan fingerprint density at radius 3 is 2.58 bits per heavy atom. The van der Waals surface area contributed by atoms with Crippen LogP contribution in [-0.4, -0.2) is 60.4 Å². The lowest BCUT2D eigenvalue weighted by Crippen LogP contribution is -2.47. The third-order valence-corrected chi connectivity index (χ3v) is 5.32. The summed E-state index contributed by atoms with van der Waals surface area (Å²) in [5.41, 5.74) is 1.16. The van der Waals surface area contributed by atoms with Crippen LogP contribution in [0.2, 0.25) is 5.02 Å². The standard InChI is InChI=1S/C19H24ClN5O/c20-15-3-1-4-16(13-15)23-9-11-24(12-10-23)19-21-7-6-18(22-19)25-8-2-5-17(26)14-25/h1,3-4,6-7,13,17,26H,2,5,8-12,14H2. The largest absolute Gasteiger partial charge is 0.391 e. The molecule has 1 N–H and O–H groups in total. The predicted octanol–water partition coefficient (Wildman–Crippen LogP) is 2.42. The second-order valence-electron chi connectivity index (χ2n) is 6.91. The van der Waals surface area contributed by atoms with Crippen LogP contribution in [0.15, 0.2) is 36.5 Å². The molecule has 1 aromatic carbocycles. The normalized spacial score (nSPS) is 21.2.